The summed E-state index contributed by atoms with van der Waals surface area (Å²) < 4.78 is 28.3. The summed E-state index contributed by atoms with van der Waals surface area (Å²) in [6.07, 6.45) is 2.14. The van der Waals surface area contributed by atoms with Crippen LogP contribution in [0, 0.1) is 5.92 Å². The molecule has 122 valence electrons. The zero-order valence-electron chi connectivity index (χ0n) is 12.6. The third-order valence-electron chi connectivity index (χ3n) is 3.76. The molecule has 1 fully saturated rings. The third-order valence-corrected chi connectivity index (χ3v) is 5.59. The van der Waals surface area contributed by atoms with Crippen molar-refractivity contribution in [1.82, 2.24) is 9.03 Å². The molecular formula is C15H21ClN2O3S. The number of halogens is 1. The molecule has 0 amide bonds. The highest BCUT2D eigenvalue weighted by molar-refractivity contribution is 7.87. The number of carbonyl (C=O) groups is 1. The molecule has 0 aliphatic carbocycles. The number of hydrogen-bond acceptors (Lipinski definition) is 3. The van der Waals surface area contributed by atoms with Crippen LogP contribution in [0.2, 0.25) is 5.02 Å². The van der Waals surface area contributed by atoms with Gasteiger partial charge in [-0.1, -0.05) is 18.5 Å². The third kappa shape index (κ3) is 4.29. The number of rotatable bonds is 6. The van der Waals surface area contributed by atoms with Crippen molar-refractivity contribution < 1.29 is 13.2 Å². The van der Waals surface area contributed by atoms with E-state index >= 15 is 0 Å². The predicted octanol–water partition coefficient (Wildman–Crippen LogP) is 2.48. The van der Waals surface area contributed by atoms with Crippen molar-refractivity contribution in [2.24, 2.45) is 5.92 Å². The zero-order chi connectivity index (χ0) is 16.2. The molecular weight excluding hydrogens is 324 g/mol. The number of carbonyl (C=O) groups excluding carboxylic acids is 1. The van der Waals surface area contributed by atoms with Crippen LogP contribution >= 0.6 is 11.6 Å². The molecule has 2 rings (SSSR count). The normalized spacial score (nSPS) is 20.0. The second-order valence-electron chi connectivity index (χ2n) is 5.47. The van der Waals surface area contributed by atoms with Gasteiger partial charge in [-0.2, -0.15) is 12.7 Å². The van der Waals surface area contributed by atoms with Gasteiger partial charge in [0.25, 0.3) is 10.2 Å². The summed E-state index contributed by atoms with van der Waals surface area (Å²) in [7, 11) is -3.49. The molecule has 1 heterocycles. The van der Waals surface area contributed by atoms with Gasteiger partial charge in [0, 0.05) is 36.1 Å². The number of Topliss-reactive ketones (excluding diaryl/α,β-unsaturated/α-hetero) is 1. The molecule has 1 saturated heterocycles. The van der Waals surface area contributed by atoms with Crippen LogP contribution in [-0.2, 0) is 10.2 Å². The monoisotopic (exact) mass is 344 g/mol. The molecule has 1 aliphatic heterocycles. The van der Waals surface area contributed by atoms with Crippen molar-refractivity contribution in [2.45, 2.75) is 26.2 Å². The fraction of sp³-hybridized carbons (Fsp3) is 0.533. The Morgan fingerprint density at radius 3 is 2.68 bits per heavy atom. The van der Waals surface area contributed by atoms with E-state index in [2.05, 4.69) is 4.72 Å². The highest BCUT2D eigenvalue weighted by atomic mass is 35.5. The summed E-state index contributed by atoms with van der Waals surface area (Å²) in [5, 5.41) is 0.577. The van der Waals surface area contributed by atoms with Gasteiger partial charge in [0.15, 0.2) is 5.78 Å². The lowest BCUT2D eigenvalue weighted by molar-refractivity contribution is 0.0872. The molecule has 1 aromatic rings. The minimum absolute atomic E-state index is 0.0212. The minimum Gasteiger partial charge on any atom is -0.294 e. The molecule has 7 heteroatoms. The molecule has 1 aromatic carbocycles. The van der Waals surface area contributed by atoms with Crippen molar-refractivity contribution in [1.29, 1.82) is 0 Å². The standard InChI is InChI=1S/C15H21ClN2O3S/c1-2-9-17-22(20,21)18-10-3-4-13(11-18)15(19)12-5-7-14(16)8-6-12/h5-8,13,17H,2-4,9-11H2,1H3. The van der Waals surface area contributed by atoms with E-state index in [1.54, 1.807) is 24.3 Å². The Bertz CT molecular complexity index is 616. The Balaban J connectivity index is 2.07. The van der Waals surface area contributed by atoms with Crippen molar-refractivity contribution in [3.05, 3.63) is 34.9 Å². The van der Waals surface area contributed by atoms with Crippen LogP contribution in [0.1, 0.15) is 36.5 Å². The Labute approximate surface area is 136 Å². The average molecular weight is 345 g/mol. The fourth-order valence-corrected chi connectivity index (χ4v) is 4.06. The van der Waals surface area contributed by atoms with Crippen LogP contribution in [0.5, 0.6) is 0 Å². The predicted molar refractivity (Wildman–Crippen MR) is 87.3 cm³/mol. The topological polar surface area (TPSA) is 66.5 Å². The maximum absolute atomic E-state index is 12.5. The Kier molecular flexibility index (Phi) is 5.97. The molecule has 1 unspecified atom stereocenters. The maximum Gasteiger partial charge on any atom is 0.279 e. The first-order valence-corrected chi connectivity index (χ1v) is 9.30. The quantitative estimate of drug-likeness (QED) is 0.806. The number of nitrogens with one attached hydrogen (secondary N) is 1. The van der Waals surface area contributed by atoms with Gasteiger partial charge in [0.1, 0.15) is 0 Å². The van der Waals surface area contributed by atoms with Gasteiger partial charge >= 0.3 is 0 Å². The Morgan fingerprint density at radius 2 is 2.05 bits per heavy atom. The minimum atomic E-state index is -3.49. The molecule has 5 nitrogen and oxygen atoms in total. The van der Waals surface area contributed by atoms with Gasteiger partial charge in [-0.25, -0.2) is 4.72 Å². The summed E-state index contributed by atoms with van der Waals surface area (Å²) in [4.78, 5) is 12.5. The summed E-state index contributed by atoms with van der Waals surface area (Å²) in [5.74, 6) is -0.319. The van der Waals surface area contributed by atoms with Crippen molar-refractivity contribution in [3.63, 3.8) is 0 Å². The van der Waals surface area contributed by atoms with Crippen molar-refractivity contribution in [3.8, 4) is 0 Å². The molecule has 1 atom stereocenters. The van der Waals surface area contributed by atoms with E-state index in [9.17, 15) is 13.2 Å². The van der Waals surface area contributed by atoms with Crippen LogP contribution in [0.3, 0.4) is 0 Å². The van der Waals surface area contributed by atoms with E-state index in [1.165, 1.54) is 4.31 Å². The summed E-state index contributed by atoms with van der Waals surface area (Å²) in [6, 6.07) is 6.73. The molecule has 0 saturated carbocycles. The first-order valence-electron chi connectivity index (χ1n) is 7.48. The highest BCUT2D eigenvalue weighted by Gasteiger charge is 2.32. The van der Waals surface area contributed by atoms with Crippen LogP contribution in [0.25, 0.3) is 0 Å². The molecule has 0 spiro atoms. The van der Waals surface area contributed by atoms with Crippen molar-refractivity contribution in [2.75, 3.05) is 19.6 Å². The lowest BCUT2D eigenvalue weighted by Crippen LogP contribution is -2.47. The smallest absolute Gasteiger partial charge is 0.279 e. The second kappa shape index (κ2) is 7.55. The highest BCUT2D eigenvalue weighted by Crippen LogP contribution is 2.23. The molecule has 0 aromatic heterocycles. The van der Waals surface area contributed by atoms with Gasteiger partial charge < -0.3 is 0 Å². The van der Waals surface area contributed by atoms with E-state index in [-0.39, 0.29) is 18.2 Å². The number of nitrogens with zero attached hydrogens (tertiary/aromatic N) is 1. The second-order valence-corrected chi connectivity index (χ2v) is 7.66. The zero-order valence-corrected chi connectivity index (χ0v) is 14.2. The number of ketones is 1. The number of piperidine rings is 1. The molecule has 1 aliphatic rings. The van der Waals surface area contributed by atoms with Crippen molar-refractivity contribution >= 4 is 27.6 Å². The largest absolute Gasteiger partial charge is 0.294 e. The fourth-order valence-electron chi connectivity index (χ4n) is 2.55. The van der Waals surface area contributed by atoms with Gasteiger partial charge in [-0.05, 0) is 43.5 Å². The van der Waals surface area contributed by atoms with Gasteiger partial charge in [0.05, 0.1) is 0 Å². The van der Waals surface area contributed by atoms with Crippen LogP contribution in [0.15, 0.2) is 24.3 Å². The Morgan fingerprint density at radius 1 is 1.36 bits per heavy atom. The van der Waals surface area contributed by atoms with E-state index < -0.39 is 10.2 Å². The maximum atomic E-state index is 12.5. The number of hydrogen-bond donors (Lipinski definition) is 1. The first kappa shape index (κ1) is 17.4. The summed E-state index contributed by atoms with van der Waals surface area (Å²) in [5.41, 5.74) is 0.579. The molecule has 0 bridgehead atoms. The van der Waals surface area contributed by atoms with E-state index in [0.717, 1.165) is 6.42 Å². The van der Waals surface area contributed by atoms with E-state index in [4.69, 9.17) is 11.6 Å². The Hall–Kier alpha value is -0.950. The van der Waals surface area contributed by atoms with Crippen LogP contribution in [-0.4, -0.2) is 38.1 Å². The lowest BCUT2D eigenvalue weighted by Gasteiger charge is -2.31. The molecule has 0 radical (unpaired) electrons. The van der Waals surface area contributed by atoms with Gasteiger partial charge in [-0.3, -0.25) is 4.79 Å². The van der Waals surface area contributed by atoms with Gasteiger partial charge in [0.2, 0.25) is 0 Å². The van der Waals surface area contributed by atoms with Crippen LogP contribution < -0.4 is 4.72 Å². The SMILES string of the molecule is CCCNS(=O)(=O)N1CCCC(C(=O)c2ccc(Cl)cc2)C1. The lowest BCUT2D eigenvalue weighted by atomic mass is 9.91. The molecule has 1 N–H and O–H groups in total. The first-order chi connectivity index (χ1) is 10.4. The summed E-state index contributed by atoms with van der Waals surface area (Å²) in [6.45, 7) is 3.02. The van der Waals surface area contributed by atoms with Crippen LogP contribution in [0.4, 0.5) is 0 Å². The summed E-state index contributed by atoms with van der Waals surface area (Å²) >= 11 is 5.83. The van der Waals surface area contributed by atoms with E-state index in [1.807, 2.05) is 6.92 Å². The number of benzene rings is 1. The van der Waals surface area contributed by atoms with E-state index in [0.29, 0.717) is 36.5 Å². The van der Waals surface area contributed by atoms with Gasteiger partial charge in [-0.15, -0.1) is 0 Å². The molecule has 22 heavy (non-hydrogen) atoms. The average Bonchev–Trinajstić information content (AvgIpc) is 2.53.